The van der Waals surface area contributed by atoms with Crippen LogP contribution < -0.4 is 4.90 Å². The Kier molecular flexibility index (Phi) is 6.01. The Morgan fingerprint density at radius 1 is 1.05 bits per heavy atom. The lowest BCUT2D eigenvalue weighted by Gasteiger charge is -2.29. The van der Waals surface area contributed by atoms with Gasteiger partial charge in [-0.1, -0.05) is 12.1 Å². The summed E-state index contributed by atoms with van der Waals surface area (Å²) in [6.45, 7) is 0.922. The summed E-state index contributed by atoms with van der Waals surface area (Å²) in [5.41, 5.74) is 2.80. The quantitative estimate of drug-likeness (QED) is 0.459. The van der Waals surface area contributed by atoms with Crippen LogP contribution in [0.5, 0.6) is 0 Å². The van der Waals surface area contributed by atoms with Crippen LogP contribution in [0, 0.1) is 23.6 Å². The first-order valence-corrected chi connectivity index (χ1v) is 14.4. The van der Waals surface area contributed by atoms with Gasteiger partial charge in [-0.25, -0.2) is 22.8 Å². The highest BCUT2D eigenvalue weighted by Gasteiger charge is 2.51. The van der Waals surface area contributed by atoms with Crippen molar-refractivity contribution in [1.29, 1.82) is 0 Å². The fraction of sp³-hybridized carbons (Fsp3) is 0.444. The number of aromatic nitrogens is 2. The normalized spacial score (nSPS) is 26.4. The van der Waals surface area contributed by atoms with Crippen LogP contribution in [0.1, 0.15) is 30.9 Å². The number of oxazole rings is 1. The minimum Gasteiger partial charge on any atom is -0.469 e. The van der Waals surface area contributed by atoms with Crippen LogP contribution in [0.2, 0.25) is 0 Å². The number of benzene rings is 1. The van der Waals surface area contributed by atoms with Crippen LogP contribution in [-0.2, 0) is 19.4 Å². The van der Waals surface area contributed by atoms with Gasteiger partial charge in [-0.2, -0.15) is 0 Å². The molecule has 2 saturated carbocycles. The highest BCUT2D eigenvalue weighted by molar-refractivity contribution is 7.91. The summed E-state index contributed by atoms with van der Waals surface area (Å²) < 4.78 is 48.6. The second kappa shape index (κ2) is 9.24. The maximum atomic E-state index is 13.5. The SMILES string of the molecule is COC(=O)[C@@H]1CC2CC2C[C@H]1c1oc(-c2ccc(F)cn2)nc1-c1ccc(N2CCS(=O)(=O)CC2)cc1. The van der Waals surface area contributed by atoms with E-state index in [1.807, 2.05) is 24.3 Å². The molecule has 3 aromatic rings. The molecule has 8 nitrogen and oxygen atoms in total. The molecule has 2 aliphatic carbocycles. The van der Waals surface area contributed by atoms with Gasteiger partial charge < -0.3 is 14.1 Å². The smallest absolute Gasteiger partial charge is 0.309 e. The van der Waals surface area contributed by atoms with E-state index in [2.05, 4.69) is 9.88 Å². The number of carbonyl (C=O) groups excluding carboxylic acids is 1. The van der Waals surface area contributed by atoms with Crippen molar-refractivity contribution in [1.82, 2.24) is 9.97 Å². The Bertz CT molecular complexity index is 1410. The molecular formula is C27H28FN3O5S. The van der Waals surface area contributed by atoms with Gasteiger partial charge >= 0.3 is 5.97 Å². The fourth-order valence-corrected chi connectivity index (χ4v) is 6.97. The first-order valence-electron chi connectivity index (χ1n) is 12.6. The minimum atomic E-state index is -2.97. The van der Waals surface area contributed by atoms with Crippen LogP contribution in [0.4, 0.5) is 10.1 Å². The highest BCUT2D eigenvalue weighted by Crippen LogP contribution is 2.57. The Labute approximate surface area is 214 Å². The lowest BCUT2D eigenvalue weighted by atomic mass is 9.77. The zero-order valence-corrected chi connectivity index (χ0v) is 21.3. The first-order chi connectivity index (χ1) is 17.8. The fourth-order valence-electron chi connectivity index (χ4n) is 5.77. The summed E-state index contributed by atoms with van der Waals surface area (Å²) in [6, 6.07) is 10.6. The number of hydrogen-bond acceptors (Lipinski definition) is 8. The number of carbonyl (C=O) groups is 1. The van der Waals surface area contributed by atoms with Gasteiger partial charge in [0.25, 0.3) is 0 Å². The van der Waals surface area contributed by atoms with Crippen molar-refractivity contribution in [2.24, 2.45) is 17.8 Å². The molecule has 4 atom stereocenters. The summed E-state index contributed by atoms with van der Waals surface area (Å²) in [5, 5.41) is 0. The Hall–Kier alpha value is -3.27. The average molecular weight is 526 g/mol. The molecule has 3 aliphatic rings. The van der Waals surface area contributed by atoms with E-state index < -0.39 is 15.7 Å². The van der Waals surface area contributed by atoms with E-state index >= 15 is 0 Å². The number of ether oxygens (including phenoxy) is 1. The van der Waals surface area contributed by atoms with E-state index in [1.165, 1.54) is 19.2 Å². The maximum Gasteiger partial charge on any atom is 0.309 e. The largest absolute Gasteiger partial charge is 0.469 e. The van der Waals surface area contributed by atoms with Crippen molar-refractivity contribution < 1.29 is 26.8 Å². The number of halogens is 1. The number of esters is 1. The van der Waals surface area contributed by atoms with Gasteiger partial charge in [0.1, 0.15) is 23.0 Å². The highest BCUT2D eigenvalue weighted by atomic mass is 32.2. The summed E-state index contributed by atoms with van der Waals surface area (Å²) in [5.74, 6) is 1.12. The molecule has 0 N–H and O–H groups in total. The van der Waals surface area contributed by atoms with E-state index in [4.69, 9.17) is 14.1 Å². The van der Waals surface area contributed by atoms with Crippen molar-refractivity contribution >= 4 is 21.5 Å². The second-order valence-corrected chi connectivity index (χ2v) is 12.5. The topological polar surface area (TPSA) is 103 Å². The molecule has 6 rings (SSSR count). The van der Waals surface area contributed by atoms with Crippen molar-refractivity contribution in [3.05, 3.63) is 54.2 Å². The molecule has 3 fully saturated rings. The molecule has 1 aromatic carbocycles. The summed E-state index contributed by atoms with van der Waals surface area (Å²) in [6.07, 6.45) is 3.82. The molecule has 0 spiro atoms. The average Bonchev–Trinajstić information content (AvgIpc) is 3.54. The minimum absolute atomic E-state index is 0.148. The summed E-state index contributed by atoms with van der Waals surface area (Å²) in [7, 11) is -1.55. The number of anilines is 1. The van der Waals surface area contributed by atoms with Crippen LogP contribution >= 0.6 is 0 Å². The lowest BCUT2D eigenvalue weighted by Crippen LogP contribution is -2.40. The number of pyridine rings is 1. The second-order valence-electron chi connectivity index (χ2n) is 10.2. The van der Waals surface area contributed by atoms with Crippen molar-refractivity contribution in [3.63, 3.8) is 0 Å². The number of rotatable bonds is 5. The molecule has 2 aromatic heterocycles. The zero-order chi connectivity index (χ0) is 25.7. The molecule has 3 heterocycles. The monoisotopic (exact) mass is 525 g/mol. The summed E-state index contributed by atoms with van der Waals surface area (Å²) in [4.78, 5) is 23.7. The van der Waals surface area contributed by atoms with Crippen LogP contribution in [-0.4, -0.2) is 56.1 Å². The Balaban J connectivity index is 1.37. The van der Waals surface area contributed by atoms with E-state index in [0.717, 1.165) is 36.7 Å². The maximum absolute atomic E-state index is 13.5. The molecule has 0 amide bonds. The lowest BCUT2D eigenvalue weighted by molar-refractivity contribution is -0.147. The van der Waals surface area contributed by atoms with Gasteiger partial charge in [-0.3, -0.25) is 4.79 Å². The molecule has 1 aliphatic heterocycles. The molecule has 0 bridgehead atoms. The van der Waals surface area contributed by atoms with Crippen molar-refractivity contribution in [2.75, 3.05) is 36.6 Å². The van der Waals surface area contributed by atoms with E-state index in [9.17, 15) is 17.6 Å². The standard InChI is InChI=1S/C27H28FN3O5S/c1-35-27(32)22-14-18-12-17(18)13-21(22)25-24(30-26(36-25)23-7-4-19(28)15-29-23)16-2-5-20(6-3-16)31-8-10-37(33,34)11-9-31/h2-7,15,17-18,21-22H,8-14H2,1H3/t17?,18?,21-,22-/m1/s1. The van der Waals surface area contributed by atoms with Crippen LogP contribution in [0.15, 0.2) is 47.0 Å². The van der Waals surface area contributed by atoms with Crippen molar-refractivity contribution in [2.45, 2.75) is 25.2 Å². The number of sulfone groups is 1. The number of fused-ring (bicyclic) bond motifs is 1. The molecule has 2 unspecified atom stereocenters. The molecule has 194 valence electrons. The molecule has 0 radical (unpaired) electrons. The van der Waals surface area contributed by atoms with E-state index in [0.29, 0.717) is 42.1 Å². The number of hydrogen-bond donors (Lipinski definition) is 0. The van der Waals surface area contributed by atoms with E-state index in [1.54, 1.807) is 0 Å². The number of nitrogens with zero attached hydrogens (tertiary/aromatic N) is 3. The molecule has 1 saturated heterocycles. The first kappa shape index (κ1) is 24.1. The van der Waals surface area contributed by atoms with Crippen molar-refractivity contribution in [3.8, 4) is 22.8 Å². The Morgan fingerprint density at radius 2 is 1.78 bits per heavy atom. The third-order valence-corrected chi connectivity index (χ3v) is 9.57. The van der Waals surface area contributed by atoms with Gasteiger partial charge in [0.05, 0.1) is 30.7 Å². The summed E-state index contributed by atoms with van der Waals surface area (Å²) >= 11 is 0. The molecule has 10 heteroatoms. The number of methoxy groups -OCH3 is 1. The van der Waals surface area contributed by atoms with Gasteiger partial charge in [-0.15, -0.1) is 0 Å². The molecular weight excluding hydrogens is 497 g/mol. The Morgan fingerprint density at radius 3 is 2.46 bits per heavy atom. The van der Waals surface area contributed by atoms with Crippen LogP contribution in [0.25, 0.3) is 22.8 Å². The van der Waals surface area contributed by atoms with Gasteiger partial charge in [0.15, 0.2) is 9.84 Å². The van der Waals surface area contributed by atoms with Gasteiger partial charge in [0, 0.05) is 30.3 Å². The third-order valence-electron chi connectivity index (χ3n) is 7.96. The predicted molar refractivity (Wildman–Crippen MR) is 135 cm³/mol. The van der Waals surface area contributed by atoms with Gasteiger partial charge in [-0.05, 0) is 55.4 Å². The van der Waals surface area contributed by atoms with E-state index in [-0.39, 0.29) is 35.2 Å². The van der Waals surface area contributed by atoms with Crippen LogP contribution in [0.3, 0.4) is 0 Å². The van der Waals surface area contributed by atoms with Gasteiger partial charge in [0.2, 0.25) is 5.89 Å². The predicted octanol–water partition coefficient (Wildman–Crippen LogP) is 4.08. The third kappa shape index (κ3) is 4.74. The molecule has 37 heavy (non-hydrogen) atoms. The zero-order valence-electron chi connectivity index (χ0n) is 20.5.